The topological polar surface area (TPSA) is 15.3 Å². The van der Waals surface area contributed by atoms with E-state index in [1.807, 2.05) is 11.3 Å². The Morgan fingerprint density at radius 3 is 3.00 bits per heavy atom. The van der Waals surface area contributed by atoms with E-state index in [9.17, 15) is 0 Å². The van der Waals surface area contributed by atoms with E-state index in [0.717, 1.165) is 19.6 Å². The second kappa shape index (κ2) is 5.47. The minimum absolute atomic E-state index is 0.205. The van der Waals surface area contributed by atoms with Crippen LogP contribution in [0.1, 0.15) is 32.8 Å². The standard InChI is InChI=1S/C17H24N2S/c1-13-8-9-18-17(2,3)12-19(13)10-14-11-20-16-7-5-4-6-15(14)16/h4-7,11,13,18H,8-10,12H2,1-3H3. The first-order chi connectivity index (χ1) is 9.55. The number of hydrogen-bond acceptors (Lipinski definition) is 3. The molecule has 1 unspecified atom stereocenters. The first kappa shape index (κ1) is 14.1. The highest BCUT2D eigenvalue weighted by atomic mass is 32.1. The van der Waals surface area contributed by atoms with Crippen LogP contribution >= 0.6 is 11.3 Å². The summed E-state index contributed by atoms with van der Waals surface area (Å²) in [5.41, 5.74) is 1.69. The summed E-state index contributed by atoms with van der Waals surface area (Å²) in [5, 5.41) is 7.43. The maximum atomic E-state index is 3.66. The van der Waals surface area contributed by atoms with Gasteiger partial charge in [-0.25, -0.2) is 0 Å². The van der Waals surface area contributed by atoms with Crippen LogP contribution < -0.4 is 5.32 Å². The average molecular weight is 288 g/mol. The second-order valence-corrected chi connectivity index (χ2v) is 7.52. The third-order valence-corrected chi connectivity index (χ3v) is 5.33. The number of benzene rings is 1. The van der Waals surface area contributed by atoms with E-state index in [-0.39, 0.29) is 5.54 Å². The number of nitrogens with zero attached hydrogens (tertiary/aromatic N) is 1. The molecule has 1 aliphatic heterocycles. The molecule has 108 valence electrons. The van der Waals surface area contributed by atoms with E-state index in [1.165, 1.54) is 22.1 Å². The Labute approximate surface area is 125 Å². The Balaban J connectivity index is 1.85. The molecule has 1 aromatic heterocycles. The first-order valence-electron chi connectivity index (χ1n) is 7.49. The molecule has 0 spiro atoms. The number of nitrogens with one attached hydrogen (secondary N) is 1. The monoisotopic (exact) mass is 288 g/mol. The van der Waals surface area contributed by atoms with Gasteiger partial charge in [0.1, 0.15) is 0 Å². The van der Waals surface area contributed by atoms with Crippen LogP contribution in [0, 0.1) is 0 Å². The van der Waals surface area contributed by atoms with Crippen molar-refractivity contribution in [2.24, 2.45) is 0 Å². The summed E-state index contributed by atoms with van der Waals surface area (Å²) in [6, 6.07) is 9.40. The van der Waals surface area contributed by atoms with Gasteiger partial charge in [0.25, 0.3) is 0 Å². The minimum Gasteiger partial charge on any atom is -0.310 e. The third-order valence-electron chi connectivity index (χ3n) is 4.32. The molecule has 0 radical (unpaired) electrons. The highest BCUT2D eigenvalue weighted by Crippen LogP contribution is 2.28. The van der Waals surface area contributed by atoms with Crippen molar-refractivity contribution in [2.75, 3.05) is 13.1 Å². The van der Waals surface area contributed by atoms with Crippen molar-refractivity contribution in [3.8, 4) is 0 Å². The maximum Gasteiger partial charge on any atom is 0.0346 e. The zero-order valence-corrected chi connectivity index (χ0v) is 13.5. The van der Waals surface area contributed by atoms with Crippen LogP contribution in [0.25, 0.3) is 10.1 Å². The summed E-state index contributed by atoms with van der Waals surface area (Å²) < 4.78 is 1.40. The molecule has 1 aromatic carbocycles. The summed E-state index contributed by atoms with van der Waals surface area (Å²) in [7, 11) is 0. The number of rotatable bonds is 2. The van der Waals surface area contributed by atoms with Crippen molar-refractivity contribution < 1.29 is 0 Å². The van der Waals surface area contributed by atoms with Crippen molar-refractivity contribution in [1.29, 1.82) is 0 Å². The molecule has 0 bridgehead atoms. The number of hydrogen-bond donors (Lipinski definition) is 1. The van der Waals surface area contributed by atoms with Crippen LogP contribution in [-0.4, -0.2) is 29.6 Å². The van der Waals surface area contributed by atoms with Crippen molar-refractivity contribution in [3.63, 3.8) is 0 Å². The summed E-state index contributed by atoms with van der Waals surface area (Å²) in [6.07, 6.45) is 1.23. The lowest BCUT2D eigenvalue weighted by atomic mass is 10.0. The summed E-state index contributed by atoms with van der Waals surface area (Å²) in [6.45, 7) is 10.3. The Morgan fingerprint density at radius 1 is 1.35 bits per heavy atom. The molecule has 0 aliphatic carbocycles. The molecule has 3 rings (SSSR count). The molecule has 3 heteroatoms. The van der Waals surface area contributed by atoms with Crippen molar-refractivity contribution in [1.82, 2.24) is 10.2 Å². The van der Waals surface area contributed by atoms with E-state index in [1.54, 1.807) is 0 Å². The zero-order chi connectivity index (χ0) is 14.2. The smallest absolute Gasteiger partial charge is 0.0346 e. The van der Waals surface area contributed by atoms with Crippen LogP contribution in [0.5, 0.6) is 0 Å². The van der Waals surface area contributed by atoms with Gasteiger partial charge >= 0.3 is 0 Å². The second-order valence-electron chi connectivity index (χ2n) is 6.61. The van der Waals surface area contributed by atoms with E-state index in [0.29, 0.717) is 6.04 Å². The molecule has 1 N–H and O–H groups in total. The van der Waals surface area contributed by atoms with E-state index in [4.69, 9.17) is 0 Å². The molecule has 0 amide bonds. The maximum absolute atomic E-state index is 3.66. The number of fused-ring (bicyclic) bond motifs is 1. The highest BCUT2D eigenvalue weighted by molar-refractivity contribution is 7.17. The molecule has 2 aromatic rings. The molecule has 1 atom stereocenters. The van der Waals surface area contributed by atoms with Crippen LogP contribution in [-0.2, 0) is 6.54 Å². The molecule has 20 heavy (non-hydrogen) atoms. The van der Waals surface area contributed by atoms with Gasteiger partial charge < -0.3 is 5.32 Å². The molecular weight excluding hydrogens is 264 g/mol. The fourth-order valence-electron chi connectivity index (χ4n) is 3.11. The lowest BCUT2D eigenvalue weighted by Crippen LogP contribution is -2.47. The van der Waals surface area contributed by atoms with E-state index >= 15 is 0 Å². The molecule has 2 heterocycles. The van der Waals surface area contributed by atoms with Gasteiger partial charge in [-0.15, -0.1) is 11.3 Å². The third kappa shape index (κ3) is 2.90. The summed E-state index contributed by atoms with van der Waals surface area (Å²) in [4.78, 5) is 2.63. The van der Waals surface area contributed by atoms with Gasteiger partial charge in [-0.3, -0.25) is 4.90 Å². The Kier molecular flexibility index (Phi) is 3.85. The first-order valence-corrected chi connectivity index (χ1v) is 8.37. The molecule has 2 nitrogen and oxygen atoms in total. The minimum atomic E-state index is 0.205. The van der Waals surface area contributed by atoms with Gasteiger partial charge in [0.05, 0.1) is 0 Å². The molecule has 1 aliphatic rings. The molecular formula is C17H24N2S. The lowest BCUT2D eigenvalue weighted by Gasteiger charge is -2.32. The predicted molar refractivity (Wildman–Crippen MR) is 88.4 cm³/mol. The lowest BCUT2D eigenvalue weighted by molar-refractivity contribution is 0.174. The van der Waals surface area contributed by atoms with E-state index < -0.39 is 0 Å². The summed E-state index contributed by atoms with van der Waals surface area (Å²) in [5.74, 6) is 0. The fraction of sp³-hybridized carbons (Fsp3) is 0.529. The average Bonchev–Trinajstić information content (AvgIpc) is 2.75. The van der Waals surface area contributed by atoms with Crippen molar-refractivity contribution >= 4 is 21.4 Å². The van der Waals surface area contributed by atoms with Crippen LogP contribution in [0.15, 0.2) is 29.6 Å². The van der Waals surface area contributed by atoms with Gasteiger partial charge in [-0.05, 0) is 56.1 Å². The van der Waals surface area contributed by atoms with Crippen molar-refractivity contribution in [2.45, 2.75) is 45.3 Å². The normalized spacial score (nSPS) is 23.9. The zero-order valence-electron chi connectivity index (χ0n) is 12.6. The summed E-state index contributed by atoms with van der Waals surface area (Å²) >= 11 is 1.87. The van der Waals surface area contributed by atoms with Crippen LogP contribution in [0.3, 0.4) is 0 Å². The Bertz CT molecular complexity index is 587. The fourth-order valence-corrected chi connectivity index (χ4v) is 4.06. The van der Waals surface area contributed by atoms with Gasteiger partial charge in [-0.2, -0.15) is 0 Å². The largest absolute Gasteiger partial charge is 0.310 e. The number of thiophene rings is 1. The quantitative estimate of drug-likeness (QED) is 0.902. The van der Waals surface area contributed by atoms with Gasteiger partial charge in [0.2, 0.25) is 0 Å². The molecule has 1 fully saturated rings. The van der Waals surface area contributed by atoms with Gasteiger partial charge in [0, 0.05) is 29.4 Å². The van der Waals surface area contributed by atoms with E-state index in [2.05, 4.69) is 60.6 Å². The molecule has 1 saturated heterocycles. The Hall–Kier alpha value is -0.900. The predicted octanol–water partition coefficient (Wildman–Crippen LogP) is 3.86. The highest BCUT2D eigenvalue weighted by Gasteiger charge is 2.28. The van der Waals surface area contributed by atoms with Gasteiger partial charge in [-0.1, -0.05) is 18.2 Å². The van der Waals surface area contributed by atoms with Crippen LogP contribution in [0.4, 0.5) is 0 Å². The van der Waals surface area contributed by atoms with Crippen molar-refractivity contribution in [3.05, 3.63) is 35.2 Å². The SMILES string of the molecule is CC1CCNC(C)(C)CN1Cc1csc2ccccc12. The molecule has 0 saturated carbocycles. The van der Waals surface area contributed by atoms with Gasteiger partial charge in [0.15, 0.2) is 0 Å². The van der Waals surface area contributed by atoms with Crippen LogP contribution in [0.2, 0.25) is 0 Å². The Morgan fingerprint density at radius 2 is 2.15 bits per heavy atom.